The minimum Gasteiger partial charge on any atom is -0.361 e. The SMILES string of the molecule is CCOCn1c(=O)ccn(CC)c1=O. The van der Waals surface area contributed by atoms with E-state index in [1.807, 2.05) is 13.8 Å². The highest BCUT2D eigenvalue weighted by molar-refractivity contribution is 4.85. The Bertz CT molecular complexity index is 405. The van der Waals surface area contributed by atoms with Crippen molar-refractivity contribution in [2.24, 2.45) is 0 Å². The van der Waals surface area contributed by atoms with Crippen LogP contribution in [0.2, 0.25) is 0 Å². The van der Waals surface area contributed by atoms with Crippen molar-refractivity contribution < 1.29 is 4.74 Å². The molecule has 0 saturated heterocycles. The number of aromatic nitrogens is 2. The maximum absolute atomic E-state index is 11.6. The van der Waals surface area contributed by atoms with Crippen LogP contribution in [0.1, 0.15) is 13.8 Å². The zero-order valence-electron chi connectivity index (χ0n) is 8.40. The maximum Gasteiger partial charge on any atom is 0.332 e. The Hall–Kier alpha value is -1.36. The molecule has 5 heteroatoms. The number of aryl methyl sites for hydroxylation is 1. The van der Waals surface area contributed by atoms with Crippen LogP contribution in [0.3, 0.4) is 0 Å². The average molecular weight is 198 g/mol. The third-order valence-electron chi connectivity index (χ3n) is 1.90. The van der Waals surface area contributed by atoms with E-state index in [0.717, 1.165) is 4.57 Å². The molecule has 1 aromatic heterocycles. The molecule has 0 unspecified atom stereocenters. The first kappa shape index (κ1) is 10.7. The molecule has 0 fully saturated rings. The van der Waals surface area contributed by atoms with Gasteiger partial charge < -0.3 is 9.30 Å². The van der Waals surface area contributed by atoms with E-state index in [1.54, 1.807) is 0 Å². The Labute approximate surface area is 81.6 Å². The van der Waals surface area contributed by atoms with Crippen molar-refractivity contribution in [2.75, 3.05) is 6.61 Å². The van der Waals surface area contributed by atoms with Crippen LogP contribution in [-0.4, -0.2) is 15.7 Å². The van der Waals surface area contributed by atoms with Crippen LogP contribution in [0.25, 0.3) is 0 Å². The molecule has 0 aliphatic carbocycles. The first-order valence-corrected chi connectivity index (χ1v) is 4.58. The summed E-state index contributed by atoms with van der Waals surface area (Å²) in [7, 11) is 0. The second kappa shape index (κ2) is 4.76. The Kier molecular flexibility index (Phi) is 3.64. The molecular formula is C9H14N2O3. The van der Waals surface area contributed by atoms with Gasteiger partial charge in [0.2, 0.25) is 0 Å². The summed E-state index contributed by atoms with van der Waals surface area (Å²) < 4.78 is 7.57. The van der Waals surface area contributed by atoms with Crippen molar-refractivity contribution >= 4 is 0 Å². The fourth-order valence-corrected chi connectivity index (χ4v) is 1.10. The number of rotatable bonds is 4. The highest BCUT2D eigenvalue weighted by Crippen LogP contribution is 1.80. The predicted molar refractivity (Wildman–Crippen MR) is 52.3 cm³/mol. The zero-order chi connectivity index (χ0) is 10.6. The van der Waals surface area contributed by atoms with E-state index >= 15 is 0 Å². The van der Waals surface area contributed by atoms with Crippen LogP contribution in [0.15, 0.2) is 21.9 Å². The quantitative estimate of drug-likeness (QED) is 0.685. The lowest BCUT2D eigenvalue weighted by molar-refractivity contribution is 0.0810. The van der Waals surface area contributed by atoms with Gasteiger partial charge in [-0.05, 0) is 13.8 Å². The van der Waals surface area contributed by atoms with Crippen LogP contribution >= 0.6 is 0 Å². The summed E-state index contributed by atoms with van der Waals surface area (Å²) in [5, 5.41) is 0. The van der Waals surface area contributed by atoms with E-state index < -0.39 is 0 Å². The number of hydrogen-bond donors (Lipinski definition) is 0. The molecule has 0 amide bonds. The number of ether oxygens (including phenoxy) is 1. The van der Waals surface area contributed by atoms with Crippen LogP contribution < -0.4 is 11.2 Å². The Balaban J connectivity index is 3.13. The van der Waals surface area contributed by atoms with Gasteiger partial charge in [0.25, 0.3) is 5.56 Å². The maximum atomic E-state index is 11.6. The molecule has 78 valence electrons. The van der Waals surface area contributed by atoms with Gasteiger partial charge in [-0.1, -0.05) is 0 Å². The zero-order valence-corrected chi connectivity index (χ0v) is 8.40. The Morgan fingerprint density at radius 2 is 2.07 bits per heavy atom. The Morgan fingerprint density at radius 1 is 1.36 bits per heavy atom. The number of nitrogens with zero attached hydrogens (tertiary/aromatic N) is 2. The van der Waals surface area contributed by atoms with Crippen LogP contribution in [-0.2, 0) is 18.0 Å². The minimum absolute atomic E-state index is 0.0228. The lowest BCUT2D eigenvalue weighted by Gasteiger charge is -2.07. The third kappa shape index (κ3) is 2.11. The van der Waals surface area contributed by atoms with Crippen molar-refractivity contribution in [3.63, 3.8) is 0 Å². The van der Waals surface area contributed by atoms with Gasteiger partial charge in [-0.3, -0.25) is 4.79 Å². The van der Waals surface area contributed by atoms with E-state index in [-0.39, 0.29) is 18.0 Å². The van der Waals surface area contributed by atoms with Crippen molar-refractivity contribution in [1.82, 2.24) is 9.13 Å². The third-order valence-corrected chi connectivity index (χ3v) is 1.90. The molecule has 0 saturated carbocycles. The second-order valence-electron chi connectivity index (χ2n) is 2.77. The minimum atomic E-state index is -0.326. The summed E-state index contributed by atoms with van der Waals surface area (Å²) in [5.41, 5.74) is -0.651. The first-order valence-electron chi connectivity index (χ1n) is 4.58. The molecule has 0 aromatic carbocycles. The molecule has 5 nitrogen and oxygen atoms in total. The lowest BCUT2D eigenvalue weighted by atomic mass is 10.6. The number of hydrogen-bond acceptors (Lipinski definition) is 3. The molecule has 0 aliphatic heterocycles. The van der Waals surface area contributed by atoms with Crippen LogP contribution in [0.5, 0.6) is 0 Å². The molecule has 1 aromatic rings. The van der Waals surface area contributed by atoms with E-state index in [9.17, 15) is 9.59 Å². The van der Waals surface area contributed by atoms with E-state index in [0.29, 0.717) is 13.2 Å². The smallest absolute Gasteiger partial charge is 0.332 e. The van der Waals surface area contributed by atoms with Gasteiger partial charge in [0.05, 0.1) is 0 Å². The Morgan fingerprint density at radius 3 is 2.64 bits per heavy atom. The topological polar surface area (TPSA) is 53.2 Å². The average Bonchev–Trinajstić information content (AvgIpc) is 2.18. The van der Waals surface area contributed by atoms with Gasteiger partial charge in [0.15, 0.2) is 0 Å². The largest absolute Gasteiger partial charge is 0.361 e. The first-order chi connectivity index (χ1) is 6.70. The predicted octanol–water partition coefficient (Wildman–Crippen LogP) is 0.0239. The van der Waals surface area contributed by atoms with Gasteiger partial charge in [0.1, 0.15) is 6.73 Å². The van der Waals surface area contributed by atoms with Crippen LogP contribution in [0.4, 0.5) is 0 Å². The summed E-state index contributed by atoms with van der Waals surface area (Å²) >= 11 is 0. The standard InChI is InChI=1S/C9H14N2O3/c1-3-10-6-5-8(12)11(9(10)13)7-14-4-2/h5-6H,3-4,7H2,1-2H3. The summed E-state index contributed by atoms with van der Waals surface area (Å²) in [5.74, 6) is 0. The summed E-state index contributed by atoms with van der Waals surface area (Å²) in [6.07, 6.45) is 1.49. The molecule has 0 N–H and O–H groups in total. The van der Waals surface area contributed by atoms with Crippen molar-refractivity contribution in [2.45, 2.75) is 27.1 Å². The van der Waals surface area contributed by atoms with Crippen molar-refractivity contribution in [3.05, 3.63) is 33.1 Å². The van der Waals surface area contributed by atoms with Crippen molar-refractivity contribution in [3.8, 4) is 0 Å². The van der Waals surface area contributed by atoms with Crippen molar-refractivity contribution in [1.29, 1.82) is 0 Å². The second-order valence-corrected chi connectivity index (χ2v) is 2.77. The molecule has 1 rings (SSSR count). The molecule has 0 atom stereocenters. The van der Waals surface area contributed by atoms with E-state index in [2.05, 4.69) is 0 Å². The fourth-order valence-electron chi connectivity index (χ4n) is 1.10. The molecule has 0 bridgehead atoms. The van der Waals surface area contributed by atoms with Gasteiger partial charge in [-0.15, -0.1) is 0 Å². The lowest BCUT2D eigenvalue weighted by Crippen LogP contribution is -2.39. The van der Waals surface area contributed by atoms with Gasteiger partial charge in [-0.25, -0.2) is 9.36 Å². The molecular weight excluding hydrogens is 184 g/mol. The van der Waals surface area contributed by atoms with Gasteiger partial charge in [0, 0.05) is 25.4 Å². The molecule has 0 radical (unpaired) electrons. The summed E-state index contributed by atoms with van der Waals surface area (Å²) in [6.45, 7) is 4.70. The normalized spacial score (nSPS) is 10.4. The fraction of sp³-hybridized carbons (Fsp3) is 0.556. The summed E-state index contributed by atoms with van der Waals surface area (Å²) in [6, 6.07) is 1.36. The molecule has 0 aliphatic rings. The van der Waals surface area contributed by atoms with E-state index in [4.69, 9.17) is 4.74 Å². The highest BCUT2D eigenvalue weighted by Gasteiger charge is 2.02. The molecule has 14 heavy (non-hydrogen) atoms. The monoisotopic (exact) mass is 198 g/mol. The van der Waals surface area contributed by atoms with Gasteiger partial charge in [-0.2, -0.15) is 0 Å². The molecule has 0 spiro atoms. The van der Waals surface area contributed by atoms with E-state index in [1.165, 1.54) is 16.8 Å². The highest BCUT2D eigenvalue weighted by atomic mass is 16.5. The van der Waals surface area contributed by atoms with Gasteiger partial charge >= 0.3 is 5.69 Å². The van der Waals surface area contributed by atoms with Crippen LogP contribution in [0, 0.1) is 0 Å². The summed E-state index contributed by atoms with van der Waals surface area (Å²) in [4.78, 5) is 22.9. The molecule has 1 heterocycles.